The molecular formula is C7H15N3O5. The third kappa shape index (κ3) is 4.21. The summed E-state index contributed by atoms with van der Waals surface area (Å²) in [4.78, 5) is 14.0. The number of nitrogens with zero attached hydrogens (tertiary/aromatic N) is 1. The van der Waals surface area contributed by atoms with Crippen molar-refractivity contribution in [1.29, 1.82) is 0 Å². The number of aliphatic imine (C=N–C) groups is 1. The van der Waals surface area contributed by atoms with Gasteiger partial charge in [-0.2, -0.15) is 0 Å². The lowest BCUT2D eigenvalue weighted by atomic mass is 10.0. The van der Waals surface area contributed by atoms with Crippen LogP contribution in [0.25, 0.3) is 0 Å². The molecule has 0 radical (unpaired) electrons. The van der Waals surface area contributed by atoms with E-state index in [9.17, 15) is 15.0 Å². The number of aldehydes is 1. The third-order valence-corrected chi connectivity index (χ3v) is 1.66. The quantitative estimate of drug-likeness (QED) is 0.151. The SMILES string of the molecule is [2H]C(=O)[C@H](N=C(N)N)[C@@H](O)[C@H](O)[C@H](O)CO. The number of aliphatic hydroxyl groups excluding tert-OH is 4. The second-order valence-corrected chi connectivity index (χ2v) is 2.85. The van der Waals surface area contributed by atoms with Gasteiger partial charge in [0, 0.05) is 0 Å². The Morgan fingerprint density at radius 1 is 1.40 bits per heavy atom. The van der Waals surface area contributed by atoms with Crippen LogP contribution in [-0.4, -0.2) is 63.6 Å². The topological polar surface area (TPSA) is 162 Å². The van der Waals surface area contributed by atoms with Gasteiger partial charge in [0.25, 0.3) is 0 Å². The standard InChI is InChI=1S/C7H15N3O5/c8-7(9)10-3(1-11)5(14)6(15)4(13)2-12/h1,3-6,12-15H,2H2,(H4,8,9,10)/t3-,4+,5+,6+/m0/s1/i1D. The van der Waals surface area contributed by atoms with Crippen LogP contribution in [-0.2, 0) is 4.79 Å². The summed E-state index contributed by atoms with van der Waals surface area (Å²) in [5.74, 6) is -0.546. The lowest BCUT2D eigenvalue weighted by molar-refractivity contribution is -0.118. The summed E-state index contributed by atoms with van der Waals surface area (Å²) in [6.07, 6.45) is -6.71. The normalized spacial score (nSPS) is 19.6. The van der Waals surface area contributed by atoms with Gasteiger partial charge in [-0.25, -0.2) is 4.99 Å². The predicted molar refractivity (Wildman–Crippen MR) is 50.8 cm³/mol. The first-order valence-electron chi connectivity index (χ1n) is 4.55. The van der Waals surface area contributed by atoms with Gasteiger partial charge < -0.3 is 36.7 Å². The molecule has 88 valence electrons. The Hall–Kier alpha value is -1.22. The Balaban J connectivity index is 4.81. The van der Waals surface area contributed by atoms with Crippen molar-refractivity contribution < 1.29 is 26.6 Å². The maximum atomic E-state index is 10.8. The van der Waals surface area contributed by atoms with Gasteiger partial charge in [-0.1, -0.05) is 0 Å². The lowest BCUT2D eigenvalue weighted by Crippen LogP contribution is -2.46. The first kappa shape index (κ1) is 11.9. The van der Waals surface area contributed by atoms with Crippen molar-refractivity contribution in [3.63, 3.8) is 0 Å². The second-order valence-electron chi connectivity index (χ2n) is 2.85. The number of rotatable bonds is 6. The van der Waals surface area contributed by atoms with Gasteiger partial charge >= 0.3 is 0 Å². The molecule has 0 saturated carbocycles. The minimum atomic E-state index is -1.88. The van der Waals surface area contributed by atoms with E-state index < -0.39 is 43.2 Å². The molecular weight excluding hydrogens is 206 g/mol. The number of hydrogen-bond donors (Lipinski definition) is 6. The van der Waals surface area contributed by atoms with E-state index in [1.807, 2.05) is 0 Å². The molecule has 0 aromatic heterocycles. The fraction of sp³-hybridized carbons (Fsp3) is 0.714. The molecule has 0 aromatic rings. The summed E-state index contributed by atoms with van der Waals surface area (Å²) < 4.78 is 6.78. The molecule has 0 aromatic carbocycles. The van der Waals surface area contributed by atoms with Crippen LogP contribution in [0.3, 0.4) is 0 Å². The van der Waals surface area contributed by atoms with E-state index in [-0.39, 0.29) is 0 Å². The van der Waals surface area contributed by atoms with E-state index in [2.05, 4.69) is 4.99 Å². The monoisotopic (exact) mass is 222 g/mol. The van der Waals surface area contributed by atoms with E-state index in [1.54, 1.807) is 0 Å². The summed E-state index contributed by atoms with van der Waals surface area (Å²) in [5, 5.41) is 36.2. The van der Waals surface area contributed by atoms with Crippen LogP contribution in [0.4, 0.5) is 0 Å². The number of carbonyl (C=O) groups excluding carboxylic acids is 1. The smallest absolute Gasteiger partial charge is 0.186 e. The van der Waals surface area contributed by atoms with Gasteiger partial charge in [0.2, 0.25) is 0 Å². The summed E-state index contributed by atoms with van der Waals surface area (Å²) in [6.45, 7) is -0.820. The highest BCUT2D eigenvalue weighted by Crippen LogP contribution is 2.06. The molecule has 15 heavy (non-hydrogen) atoms. The van der Waals surface area contributed by atoms with Crippen molar-refractivity contribution in [1.82, 2.24) is 0 Å². The number of nitrogens with two attached hydrogens (primary N) is 2. The molecule has 4 atom stereocenters. The third-order valence-electron chi connectivity index (χ3n) is 1.66. The molecule has 8 N–H and O–H groups in total. The second kappa shape index (κ2) is 6.30. The minimum absolute atomic E-state index is 0.546. The van der Waals surface area contributed by atoms with Crippen molar-refractivity contribution in [2.24, 2.45) is 16.5 Å². The van der Waals surface area contributed by atoms with E-state index in [0.29, 0.717) is 0 Å². The Labute approximate surface area is 87.2 Å². The molecule has 0 rings (SSSR count). The highest BCUT2D eigenvalue weighted by molar-refractivity contribution is 5.78. The molecule has 8 nitrogen and oxygen atoms in total. The Kier molecular flexibility index (Phi) is 4.98. The minimum Gasteiger partial charge on any atom is -0.394 e. The van der Waals surface area contributed by atoms with Crippen LogP contribution in [0, 0.1) is 0 Å². The van der Waals surface area contributed by atoms with Gasteiger partial charge in [-0.05, 0) is 0 Å². The van der Waals surface area contributed by atoms with Crippen LogP contribution >= 0.6 is 0 Å². The summed E-state index contributed by atoms with van der Waals surface area (Å²) >= 11 is 0. The van der Waals surface area contributed by atoms with Crippen LogP contribution in [0.2, 0.25) is 0 Å². The molecule has 0 aliphatic heterocycles. The lowest BCUT2D eigenvalue weighted by Gasteiger charge is -2.23. The van der Waals surface area contributed by atoms with Gasteiger partial charge in [0.05, 0.1) is 6.61 Å². The van der Waals surface area contributed by atoms with Crippen molar-refractivity contribution in [2.45, 2.75) is 24.4 Å². The highest BCUT2D eigenvalue weighted by Gasteiger charge is 2.30. The fourth-order valence-corrected chi connectivity index (χ4v) is 0.855. The van der Waals surface area contributed by atoms with Crippen molar-refractivity contribution in [2.75, 3.05) is 6.61 Å². The zero-order chi connectivity index (χ0) is 12.9. The van der Waals surface area contributed by atoms with E-state index in [1.165, 1.54) is 0 Å². The van der Waals surface area contributed by atoms with Crippen LogP contribution in [0.5, 0.6) is 0 Å². The summed E-state index contributed by atoms with van der Waals surface area (Å²) in [5.41, 5.74) is 9.93. The molecule has 0 saturated heterocycles. The van der Waals surface area contributed by atoms with Crippen molar-refractivity contribution in [3.05, 3.63) is 0 Å². The average molecular weight is 222 g/mol. The zero-order valence-corrected chi connectivity index (χ0v) is 7.82. The molecule has 0 amide bonds. The predicted octanol–water partition coefficient (Wildman–Crippen LogP) is -4.10. The van der Waals surface area contributed by atoms with Crippen molar-refractivity contribution >= 4 is 12.2 Å². The van der Waals surface area contributed by atoms with Gasteiger partial charge in [0.1, 0.15) is 32.0 Å². The maximum Gasteiger partial charge on any atom is 0.186 e. The summed E-state index contributed by atoms with van der Waals surface area (Å²) in [7, 11) is 0. The maximum absolute atomic E-state index is 10.8. The molecule has 0 bridgehead atoms. The molecule has 0 aliphatic carbocycles. The molecule has 8 heteroatoms. The zero-order valence-electron chi connectivity index (χ0n) is 8.82. The highest BCUT2D eigenvalue weighted by atomic mass is 16.4. The first-order valence-corrected chi connectivity index (χ1v) is 4.05. The Morgan fingerprint density at radius 2 is 1.93 bits per heavy atom. The van der Waals surface area contributed by atoms with Crippen LogP contribution < -0.4 is 11.5 Å². The number of guanidine groups is 1. The van der Waals surface area contributed by atoms with Gasteiger partial charge in [-0.15, -0.1) is 0 Å². The van der Waals surface area contributed by atoms with Crippen molar-refractivity contribution in [3.8, 4) is 0 Å². The fourth-order valence-electron chi connectivity index (χ4n) is 0.855. The average Bonchev–Trinajstić information content (AvgIpc) is 2.22. The number of hydrogen-bond acceptors (Lipinski definition) is 6. The molecule has 0 spiro atoms. The Morgan fingerprint density at radius 3 is 2.27 bits per heavy atom. The van der Waals surface area contributed by atoms with E-state index in [0.717, 1.165) is 0 Å². The molecule has 0 heterocycles. The first-order chi connectivity index (χ1) is 7.31. The van der Waals surface area contributed by atoms with Crippen LogP contribution in [0.15, 0.2) is 4.99 Å². The van der Waals surface area contributed by atoms with E-state index >= 15 is 0 Å². The molecule has 0 fully saturated rings. The van der Waals surface area contributed by atoms with E-state index in [4.69, 9.17) is 23.1 Å². The van der Waals surface area contributed by atoms with Gasteiger partial charge in [0.15, 0.2) is 5.96 Å². The largest absolute Gasteiger partial charge is 0.394 e. The van der Waals surface area contributed by atoms with Gasteiger partial charge in [-0.3, -0.25) is 0 Å². The molecule has 0 unspecified atom stereocenters. The number of carbonyl (C=O) groups is 1. The number of aliphatic hydroxyl groups is 4. The summed E-state index contributed by atoms with van der Waals surface area (Å²) in [6, 6.07) is -1.71. The molecule has 0 aliphatic rings. The Bertz CT molecular complexity index is 271. The van der Waals surface area contributed by atoms with Crippen LogP contribution in [0.1, 0.15) is 1.37 Å².